The second kappa shape index (κ2) is 8.54. The van der Waals surface area contributed by atoms with Crippen LogP contribution < -0.4 is 15.4 Å². The lowest BCUT2D eigenvalue weighted by atomic mass is 10.1. The number of alkyl halides is 3. The lowest BCUT2D eigenvalue weighted by molar-refractivity contribution is -0.137. The molecule has 0 radical (unpaired) electrons. The minimum Gasteiger partial charge on any atom is -0.497 e. The molecular formula is C20H16F3N3O3S. The van der Waals surface area contributed by atoms with E-state index in [0.717, 1.165) is 17.7 Å². The highest BCUT2D eigenvalue weighted by Gasteiger charge is 2.34. The number of halogens is 3. The lowest BCUT2D eigenvalue weighted by Crippen LogP contribution is -2.17. The number of aromatic nitrogens is 1. The fourth-order valence-electron chi connectivity index (χ4n) is 2.60. The van der Waals surface area contributed by atoms with Gasteiger partial charge in [0.05, 0.1) is 18.4 Å². The Bertz CT molecular complexity index is 1080. The van der Waals surface area contributed by atoms with Crippen LogP contribution in [0.25, 0.3) is 10.6 Å². The summed E-state index contributed by atoms with van der Waals surface area (Å²) in [5.74, 6) is -0.618. The summed E-state index contributed by atoms with van der Waals surface area (Å²) in [6.07, 6.45) is -4.73. The molecular weight excluding hydrogens is 419 g/mol. The molecule has 6 nitrogen and oxygen atoms in total. The van der Waals surface area contributed by atoms with Crippen LogP contribution in [-0.2, 0) is 11.0 Å². The Labute approximate surface area is 173 Å². The van der Waals surface area contributed by atoms with Gasteiger partial charge in [-0.1, -0.05) is 0 Å². The van der Waals surface area contributed by atoms with Crippen LogP contribution in [0.2, 0.25) is 0 Å². The van der Waals surface area contributed by atoms with Crippen molar-refractivity contribution in [3.8, 4) is 16.3 Å². The highest BCUT2D eigenvalue weighted by Crippen LogP contribution is 2.37. The molecule has 0 aliphatic carbocycles. The summed E-state index contributed by atoms with van der Waals surface area (Å²) >= 11 is 1.19. The van der Waals surface area contributed by atoms with Crippen LogP contribution >= 0.6 is 11.3 Å². The number of methoxy groups -OCH3 is 1. The van der Waals surface area contributed by atoms with Gasteiger partial charge in [-0.25, -0.2) is 4.98 Å². The average molecular weight is 435 g/mol. The summed E-state index contributed by atoms with van der Waals surface area (Å²) < 4.78 is 45.3. The summed E-state index contributed by atoms with van der Waals surface area (Å²) in [5.41, 5.74) is -0.794. The van der Waals surface area contributed by atoms with Gasteiger partial charge in [0.2, 0.25) is 5.91 Å². The summed E-state index contributed by atoms with van der Waals surface area (Å²) in [6, 6.07) is 10.1. The van der Waals surface area contributed by atoms with Gasteiger partial charge in [-0.2, -0.15) is 13.2 Å². The molecule has 1 aromatic heterocycles. The number of rotatable bonds is 5. The minimum absolute atomic E-state index is 0.00937. The number of thiazole rings is 1. The standard InChI is InChI=1S/C20H16F3N3O3S/c1-11(27)24-13-5-8-16(15(9-13)20(21,22)23)25-18(28)17-10-30-19(26-17)12-3-6-14(29-2)7-4-12/h3-10H,1-2H3,(H,24,27)(H,25,28). The Hall–Kier alpha value is -3.40. The third kappa shape index (κ3) is 4.95. The molecule has 2 amide bonds. The third-order valence-electron chi connectivity index (χ3n) is 3.97. The van der Waals surface area contributed by atoms with Crippen molar-refractivity contribution in [3.63, 3.8) is 0 Å². The first-order valence-corrected chi connectivity index (χ1v) is 9.45. The first-order chi connectivity index (χ1) is 14.2. The van der Waals surface area contributed by atoms with Crippen molar-refractivity contribution in [3.05, 3.63) is 59.1 Å². The molecule has 0 aliphatic heterocycles. The van der Waals surface area contributed by atoms with Crippen LogP contribution in [0.15, 0.2) is 47.8 Å². The zero-order valence-corrected chi connectivity index (χ0v) is 16.6. The Balaban J connectivity index is 1.83. The second-order valence-corrected chi connectivity index (χ2v) is 7.02. The van der Waals surface area contributed by atoms with Gasteiger partial charge in [-0.15, -0.1) is 11.3 Å². The summed E-state index contributed by atoms with van der Waals surface area (Å²) in [6.45, 7) is 1.19. The Morgan fingerprint density at radius 1 is 1.07 bits per heavy atom. The number of carbonyl (C=O) groups is 2. The maximum Gasteiger partial charge on any atom is 0.418 e. The first kappa shape index (κ1) is 21.3. The highest BCUT2D eigenvalue weighted by atomic mass is 32.1. The maximum atomic E-state index is 13.4. The van der Waals surface area contributed by atoms with E-state index in [9.17, 15) is 22.8 Å². The number of hydrogen-bond donors (Lipinski definition) is 2. The monoisotopic (exact) mass is 435 g/mol. The van der Waals surface area contributed by atoms with Gasteiger partial charge in [-0.3, -0.25) is 9.59 Å². The first-order valence-electron chi connectivity index (χ1n) is 8.57. The molecule has 0 fully saturated rings. The maximum absolute atomic E-state index is 13.4. The molecule has 0 unspecified atom stereocenters. The van der Waals surface area contributed by atoms with Crippen LogP contribution in [0.4, 0.5) is 24.5 Å². The van der Waals surface area contributed by atoms with Gasteiger partial charge in [0.25, 0.3) is 5.91 Å². The van der Waals surface area contributed by atoms with E-state index in [4.69, 9.17) is 4.74 Å². The molecule has 2 N–H and O–H groups in total. The molecule has 0 spiro atoms. The van der Waals surface area contributed by atoms with Crippen molar-refractivity contribution >= 4 is 34.5 Å². The number of carbonyl (C=O) groups excluding carboxylic acids is 2. The van der Waals surface area contributed by atoms with Gasteiger partial charge in [0.1, 0.15) is 16.5 Å². The largest absolute Gasteiger partial charge is 0.497 e. The normalized spacial score (nSPS) is 11.1. The van der Waals surface area contributed by atoms with Crippen molar-refractivity contribution in [1.82, 2.24) is 4.98 Å². The van der Waals surface area contributed by atoms with Crippen LogP contribution in [-0.4, -0.2) is 23.9 Å². The number of nitrogens with zero attached hydrogens (tertiary/aromatic N) is 1. The molecule has 10 heteroatoms. The van der Waals surface area contributed by atoms with E-state index in [1.807, 2.05) is 0 Å². The van der Waals surface area contributed by atoms with E-state index in [-0.39, 0.29) is 11.4 Å². The number of anilines is 2. The molecule has 2 aromatic carbocycles. The van der Waals surface area contributed by atoms with E-state index < -0.39 is 29.2 Å². The van der Waals surface area contributed by atoms with Gasteiger partial charge < -0.3 is 15.4 Å². The topological polar surface area (TPSA) is 80.3 Å². The highest BCUT2D eigenvalue weighted by molar-refractivity contribution is 7.13. The summed E-state index contributed by atoms with van der Waals surface area (Å²) in [7, 11) is 1.54. The van der Waals surface area contributed by atoms with E-state index in [1.165, 1.54) is 29.7 Å². The molecule has 0 saturated carbocycles. The van der Waals surface area contributed by atoms with Crippen molar-refractivity contribution in [2.45, 2.75) is 13.1 Å². The molecule has 0 atom stereocenters. The van der Waals surface area contributed by atoms with Gasteiger partial charge in [0, 0.05) is 23.6 Å². The van der Waals surface area contributed by atoms with Crippen molar-refractivity contribution in [2.24, 2.45) is 0 Å². The van der Waals surface area contributed by atoms with E-state index >= 15 is 0 Å². The van der Waals surface area contributed by atoms with E-state index in [1.54, 1.807) is 31.4 Å². The molecule has 0 saturated heterocycles. The zero-order valence-electron chi connectivity index (χ0n) is 15.8. The van der Waals surface area contributed by atoms with Crippen molar-refractivity contribution in [1.29, 1.82) is 0 Å². The fraction of sp³-hybridized carbons (Fsp3) is 0.150. The number of ether oxygens (including phenoxy) is 1. The fourth-order valence-corrected chi connectivity index (χ4v) is 3.41. The van der Waals surface area contributed by atoms with Crippen LogP contribution in [0.1, 0.15) is 23.0 Å². The number of amides is 2. The quantitative estimate of drug-likeness (QED) is 0.588. The zero-order chi connectivity index (χ0) is 21.9. The Morgan fingerprint density at radius 3 is 2.37 bits per heavy atom. The molecule has 3 aromatic rings. The summed E-state index contributed by atoms with van der Waals surface area (Å²) in [5, 5.41) is 6.55. The van der Waals surface area contributed by atoms with Crippen LogP contribution in [0, 0.1) is 0 Å². The third-order valence-corrected chi connectivity index (χ3v) is 4.86. The Morgan fingerprint density at radius 2 is 1.77 bits per heavy atom. The summed E-state index contributed by atoms with van der Waals surface area (Å²) in [4.78, 5) is 27.8. The van der Waals surface area contributed by atoms with E-state index in [0.29, 0.717) is 10.8 Å². The van der Waals surface area contributed by atoms with Crippen LogP contribution in [0.5, 0.6) is 5.75 Å². The van der Waals surface area contributed by atoms with Gasteiger partial charge >= 0.3 is 6.18 Å². The molecule has 156 valence electrons. The van der Waals surface area contributed by atoms with Gasteiger partial charge in [0.15, 0.2) is 0 Å². The second-order valence-electron chi connectivity index (χ2n) is 6.16. The number of benzene rings is 2. The molecule has 30 heavy (non-hydrogen) atoms. The minimum atomic E-state index is -4.73. The predicted molar refractivity (Wildman–Crippen MR) is 108 cm³/mol. The average Bonchev–Trinajstić information content (AvgIpc) is 3.18. The van der Waals surface area contributed by atoms with Gasteiger partial charge in [-0.05, 0) is 42.5 Å². The van der Waals surface area contributed by atoms with E-state index in [2.05, 4.69) is 15.6 Å². The Kier molecular flexibility index (Phi) is 6.06. The molecule has 0 aliphatic rings. The number of hydrogen-bond acceptors (Lipinski definition) is 5. The molecule has 3 rings (SSSR count). The number of nitrogens with one attached hydrogen (secondary N) is 2. The van der Waals surface area contributed by atoms with Crippen molar-refractivity contribution < 1.29 is 27.5 Å². The molecule has 1 heterocycles. The lowest BCUT2D eigenvalue weighted by Gasteiger charge is -2.15. The molecule has 0 bridgehead atoms. The van der Waals surface area contributed by atoms with Crippen molar-refractivity contribution in [2.75, 3.05) is 17.7 Å². The predicted octanol–water partition coefficient (Wildman–Crippen LogP) is 5.05. The van der Waals surface area contributed by atoms with Crippen LogP contribution in [0.3, 0.4) is 0 Å². The smallest absolute Gasteiger partial charge is 0.418 e. The SMILES string of the molecule is COc1ccc(-c2nc(C(=O)Nc3ccc(NC(C)=O)cc3C(F)(F)F)cs2)cc1.